The van der Waals surface area contributed by atoms with Crippen molar-refractivity contribution in [2.24, 2.45) is 0 Å². The standard InChI is InChI=1S/C11H16N2O3S/c1-8(5-9-3-4-17-7-9)12-11(16)13(2)6-10(14)15/h3-4,7-8H,5-6H2,1-2H3,(H,12,16)(H,14,15). The maximum absolute atomic E-state index is 11.6. The van der Waals surface area contributed by atoms with Crippen molar-refractivity contribution in [3.63, 3.8) is 0 Å². The Kier molecular flexibility index (Phi) is 4.96. The minimum atomic E-state index is -1.02. The molecule has 1 unspecified atom stereocenters. The molecule has 1 atom stereocenters. The van der Waals surface area contributed by atoms with Gasteiger partial charge in [-0.15, -0.1) is 0 Å². The third kappa shape index (κ3) is 4.86. The first-order valence-electron chi connectivity index (χ1n) is 5.23. The van der Waals surface area contributed by atoms with E-state index >= 15 is 0 Å². The second kappa shape index (κ2) is 6.24. The molecule has 2 amide bonds. The number of nitrogens with zero attached hydrogens (tertiary/aromatic N) is 1. The second-order valence-electron chi connectivity index (χ2n) is 3.94. The number of carboxylic acid groups (broad SMARTS) is 1. The van der Waals surface area contributed by atoms with Crippen LogP contribution in [0.1, 0.15) is 12.5 Å². The van der Waals surface area contributed by atoms with Crippen molar-refractivity contribution in [1.82, 2.24) is 10.2 Å². The molecule has 5 nitrogen and oxygen atoms in total. The van der Waals surface area contributed by atoms with E-state index in [0.717, 1.165) is 11.3 Å². The summed E-state index contributed by atoms with van der Waals surface area (Å²) < 4.78 is 0. The van der Waals surface area contributed by atoms with Crippen molar-refractivity contribution in [2.75, 3.05) is 13.6 Å². The summed E-state index contributed by atoms with van der Waals surface area (Å²) in [5, 5.41) is 15.3. The molecule has 17 heavy (non-hydrogen) atoms. The molecular weight excluding hydrogens is 240 g/mol. The lowest BCUT2D eigenvalue weighted by Crippen LogP contribution is -2.44. The molecule has 1 rings (SSSR count). The molecule has 94 valence electrons. The highest BCUT2D eigenvalue weighted by atomic mass is 32.1. The van der Waals surface area contributed by atoms with E-state index in [2.05, 4.69) is 5.32 Å². The minimum absolute atomic E-state index is 0.0201. The molecule has 0 spiro atoms. The molecule has 0 aliphatic carbocycles. The number of hydrogen-bond acceptors (Lipinski definition) is 3. The second-order valence-corrected chi connectivity index (χ2v) is 4.72. The zero-order valence-electron chi connectivity index (χ0n) is 9.84. The molecule has 0 aliphatic rings. The minimum Gasteiger partial charge on any atom is -0.480 e. The van der Waals surface area contributed by atoms with E-state index < -0.39 is 5.97 Å². The fraction of sp³-hybridized carbons (Fsp3) is 0.455. The van der Waals surface area contributed by atoms with Gasteiger partial charge in [-0.25, -0.2) is 4.79 Å². The highest BCUT2D eigenvalue weighted by molar-refractivity contribution is 7.07. The summed E-state index contributed by atoms with van der Waals surface area (Å²) in [5.74, 6) is -1.02. The van der Waals surface area contributed by atoms with Crippen molar-refractivity contribution in [2.45, 2.75) is 19.4 Å². The van der Waals surface area contributed by atoms with E-state index in [1.807, 2.05) is 23.8 Å². The van der Waals surface area contributed by atoms with Crippen LogP contribution >= 0.6 is 11.3 Å². The molecule has 0 radical (unpaired) electrons. The van der Waals surface area contributed by atoms with Crippen LogP contribution in [0.15, 0.2) is 16.8 Å². The topological polar surface area (TPSA) is 69.6 Å². The van der Waals surface area contributed by atoms with Crippen LogP contribution in [0, 0.1) is 0 Å². The monoisotopic (exact) mass is 256 g/mol. The predicted molar refractivity (Wildman–Crippen MR) is 66.3 cm³/mol. The average molecular weight is 256 g/mol. The highest BCUT2D eigenvalue weighted by Crippen LogP contribution is 2.08. The van der Waals surface area contributed by atoms with Crippen LogP contribution in [0.5, 0.6) is 0 Å². The van der Waals surface area contributed by atoms with Crippen molar-refractivity contribution < 1.29 is 14.7 Å². The van der Waals surface area contributed by atoms with Crippen LogP contribution in [-0.4, -0.2) is 41.6 Å². The average Bonchev–Trinajstić information content (AvgIpc) is 2.68. The first kappa shape index (κ1) is 13.5. The van der Waals surface area contributed by atoms with Crippen LogP contribution < -0.4 is 5.32 Å². The maximum Gasteiger partial charge on any atom is 0.323 e. The first-order chi connectivity index (χ1) is 7.99. The number of likely N-dealkylation sites (N-methyl/N-ethyl adjacent to an activating group) is 1. The summed E-state index contributed by atoms with van der Waals surface area (Å²) in [6.45, 7) is 1.60. The Bertz CT molecular complexity index is 378. The van der Waals surface area contributed by atoms with E-state index in [-0.39, 0.29) is 18.6 Å². The van der Waals surface area contributed by atoms with Gasteiger partial charge < -0.3 is 15.3 Å². The molecule has 2 N–H and O–H groups in total. The Labute approximate surface area is 104 Å². The SMILES string of the molecule is CC(Cc1ccsc1)NC(=O)N(C)CC(=O)O. The molecular formula is C11H16N2O3S. The van der Waals surface area contributed by atoms with Gasteiger partial charge in [0.25, 0.3) is 0 Å². The summed E-state index contributed by atoms with van der Waals surface area (Å²) in [6, 6.07) is 1.62. The lowest BCUT2D eigenvalue weighted by Gasteiger charge is -2.19. The molecule has 0 aliphatic heterocycles. The number of carbonyl (C=O) groups is 2. The Balaban J connectivity index is 2.37. The summed E-state index contributed by atoms with van der Waals surface area (Å²) in [4.78, 5) is 23.2. The molecule has 0 saturated carbocycles. The number of nitrogens with one attached hydrogen (secondary N) is 1. The van der Waals surface area contributed by atoms with E-state index in [1.54, 1.807) is 11.3 Å². The van der Waals surface area contributed by atoms with Gasteiger partial charge in [0.05, 0.1) is 0 Å². The van der Waals surface area contributed by atoms with Crippen LogP contribution in [0.3, 0.4) is 0 Å². The van der Waals surface area contributed by atoms with Gasteiger partial charge in [-0.3, -0.25) is 4.79 Å². The van der Waals surface area contributed by atoms with Gasteiger partial charge in [0, 0.05) is 13.1 Å². The third-order valence-corrected chi connectivity index (χ3v) is 2.94. The van der Waals surface area contributed by atoms with Gasteiger partial charge in [0.15, 0.2) is 0 Å². The van der Waals surface area contributed by atoms with Gasteiger partial charge in [-0.05, 0) is 35.7 Å². The molecule has 0 fully saturated rings. The molecule has 0 aromatic carbocycles. The lowest BCUT2D eigenvalue weighted by atomic mass is 10.1. The van der Waals surface area contributed by atoms with Crippen LogP contribution in [-0.2, 0) is 11.2 Å². The third-order valence-electron chi connectivity index (χ3n) is 2.21. The van der Waals surface area contributed by atoms with Gasteiger partial charge in [-0.2, -0.15) is 11.3 Å². The van der Waals surface area contributed by atoms with E-state index in [4.69, 9.17) is 5.11 Å². The van der Waals surface area contributed by atoms with Crippen molar-refractivity contribution in [3.8, 4) is 0 Å². The summed E-state index contributed by atoms with van der Waals surface area (Å²) in [7, 11) is 1.46. The summed E-state index contributed by atoms with van der Waals surface area (Å²) in [6.07, 6.45) is 0.746. The van der Waals surface area contributed by atoms with Crippen molar-refractivity contribution in [3.05, 3.63) is 22.4 Å². The number of carbonyl (C=O) groups excluding carboxylic acids is 1. The van der Waals surface area contributed by atoms with E-state index in [9.17, 15) is 9.59 Å². The zero-order chi connectivity index (χ0) is 12.8. The van der Waals surface area contributed by atoms with E-state index in [0.29, 0.717) is 0 Å². The Hall–Kier alpha value is -1.56. The fourth-order valence-corrected chi connectivity index (χ4v) is 2.09. The number of rotatable bonds is 5. The van der Waals surface area contributed by atoms with Gasteiger partial charge >= 0.3 is 12.0 Å². The fourth-order valence-electron chi connectivity index (χ4n) is 1.41. The Morgan fingerprint density at radius 3 is 2.82 bits per heavy atom. The molecule has 1 aromatic heterocycles. The van der Waals surface area contributed by atoms with Crippen LogP contribution in [0.2, 0.25) is 0 Å². The summed E-state index contributed by atoms with van der Waals surface area (Å²) >= 11 is 1.61. The van der Waals surface area contributed by atoms with Gasteiger partial charge in [-0.1, -0.05) is 0 Å². The normalized spacial score (nSPS) is 11.9. The number of aliphatic carboxylic acids is 1. The highest BCUT2D eigenvalue weighted by Gasteiger charge is 2.14. The molecule has 1 aromatic rings. The smallest absolute Gasteiger partial charge is 0.323 e. The Morgan fingerprint density at radius 2 is 2.29 bits per heavy atom. The summed E-state index contributed by atoms with van der Waals surface area (Å²) in [5.41, 5.74) is 1.17. The molecule has 0 bridgehead atoms. The van der Waals surface area contributed by atoms with Gasteiger partial charge in [0.1, 0.15) is 6.54 Å². The molecule has 1 heterocycles. The number of urea groups is 1. The number of carboxylic acids is 1. The molecule has 0 saturated heterocycles. The van der Waals surface area contributed by atoms with Gasteiger partial charge in [0.2, 0.25) is 0 Å². The number of thiophene rings is 1. The van der Waals surface area contributed by atoms with Crippen LogP contribution in [0.25, 0.3) is 0 Å². The van der Waals surface area contributed by atoms with Crippen molar-refractivity contribution >= 4 is 23.3 Å². The van der Waals surface area contributed by atoms with Crippen molar-refractivity contribution in [1.29, 1.82) is 0 Å². The molecule has 6 heteroatoms. The van der Waals surface area contributed by atoms with E-state index in [1.165, 1.54) is 12.6 Å². The quantitative estimate of drug-likeness (QED) is 0.836. The first-order valence-corrected chi connectivity index (χ1v) is 6.18. The lowest BCUT2D eigenvalue weighted by molar-refractivity contribution is -0.137. The maximum atomic E-state index is 11.6. The Morgan fingerprint density at radius 1 is 1.59 bits per heavy atom. The number of hydrogen-bond donors (Lipinski definition) is 2. The number of amides is 2. The van der Waals surface area contributed by atoms with Crippen LogP contribution in [0.4, 0.5) is 4.79 Å². The zero-order valence-corrected chi connectivity index (χ0v) is 10.7. The predicted octanol–water partition coefficient (Wildman–Crippen LogP) is 1.41. The largest absolute Gasteiger partial charge is 0.480 e.